The third-order valence-corrected chi connectivity index (χ3v) is 10.5. The second kappa shape index (κ2) is 14.5. The van der Waals surface area contributed by atoms with E-state index in [4.69, 9.17) is 4.98 Å². The van der Waals surface area contributed by atoms with Crippen LogP contribution in [-0.2, 0) is 25.7 Å². The highest BCUT2D eigenvalue weighted by Gasteiger charge is 2.15. The van der Waals surface area contributed by atoms with E-state index in [2.05, 4.69) is 153 Å². The van der Waals surface area contributed by atoms with Crippen molar-refractivity contribution >= 4 is 32.4 Å². The van der Waals surface area contributed by atoms with Crippen LogP contribution in [-0.4, -0.2) is 15.0 Å². The molecule has 0 N–H and O–H groups in total. The van der Waals surface area contributed by atoms with Crippen molar-refractivity contribution < 1.29 is 0 Å². The zero-order chi connectivity index (χ0) is 35.6. The molecule has 0 bridgehead atoms. The Kier molecular flexibility index (Phi) is 9.35. The van der Waals surface area contributed by atoms with Gasteiger partial charge in [-0.25, -0.2) is 0 Å². The van der Waals surface area contributed by atoms with E-state index in [0.717, 1.165) is 36.8 Å². The molecular formula is C49H45N3. The first-order valence-corrected chi connectivity index (χ1v) is 18.7. The topological polar surface area (TPSA) is 38.7 Å². The molecule has 0 amide bonds. The maximum absolute atomic E-state index is 5.16. The molecule has 0 aliphatic heterocycles. The van der Waals surface area contributed by atoms with Gasteiger partial charge in [0.15, 0.2) is 0 Å². The Hall–Kier alpha value is -5.67. The molecule has 256 valence electrons. The van der Waals surface area contributed by atoms with E-state index in [9.17, 15) is 0 Å². The molecule has 0 saturated carbocycles. The van der Waals surface area contributed by atoms with Crippen molar-refractivity contribution in [1.29, 1.82) is 0 Å². The number of fused-ring (bicyclic) bond motifs is 6. The third-order valence-electron chi connectivity index (χ3n) is 10.5. The SMILES string of the molecule is CC(C)c1cncc(CCc2cc(CCc3cncc(C(C)C)c3)cc(-c3ccccc3-c3cnc4c5ccccc5c5ccccc5c4c3)c2)c1. The standard InChI is InChI=1S/C49H45N3/c1-32(2)39-24-36(27-50-29-39)19-17-34-21-35(18-20-37-25-40(33(3)4)30-51-28-37)23-38(22-34)42-11-5-6-12-43(42)41-26-48-46-15-8-7-13-44(46)45-14-9-10-16-47(45)49(48)52-31-41/h5-16,21-33H,17-20H2,1-4H3. The molecular weight excluding hydrogens is 631 g/mol. The Morgan fingerprint density at radius 2 is 0.865 bits per heavy atom. The van der Waals surface area contributed by atoms with Crippen LogP contribution in [0.5, 0.6) is 0 Å². The van der Waals surface area contributed by atoms with Gasteiger partial charge >= 0.3 is 0 Å². The summed E-state index contributed by atoms with van der Waals surface area (Å²) in [6, 6.07) is 40.4. The van der Waals surface area contributed by atoms with Gasteiger partial charge in [0, 0.05) is 47.3 Å². The molecule has 3 heterocycles. The molecule has 0 saturated heterocycles. The first kappa shape index (κ1) is 33.5. The van der Waals surface area contributed by atoms with E-state index in [0.29, 0.717) is 11.8 Å². The highest BCUT2D eigenvalue weighted by molar-refractivity contribution is 6.24. The van der Waals surface area contributed by atoms with Gasteiger partial charge in [-0.1, -0.05) is 131 Å². The Bertz CT molecular complexity index is 2440. The summed E-state index contributed by atoms with van der Waals surface area (Å²) in [6.07, 6.45) is 13.9. The van der Waals surface area contributed by atoms with Gasteiger partial charge in [-0.3, -0.25) is 15.0 Å². The molecule has 0 aliphatic rings. The van der Waals surface area contributed by atoms with Crippen LogP contribution in [0.3, 0.4) is 0 Å². The van der Waals surface area contributed by atoms with Crippen LogP contribution in [0.1, 0.15) is 72.9 Å². The van der Waals surface area contributed by atoms with E-state index in [-0.39, 0.29) is 0 Å². The van der Waals surface area contributed by atoms with Crippen LogP contribution < -0.4 is 0 Å². The minimum absolute atomic E-state index is 0.462. The van der Waals surface area contributed by atoms with E-state index in [1.807, 2.05) is 24.8 Å². The smallest absolute Gasteiger partial charge is 0.0787 e. The summed E-state index contributed by atoms with van der Waals surface area (Å²) >= 11 is 0. The maximum atomic E-state index is 5.16. The van der Waals surface area contributed by atoms with Gasteiger partial charge in [-0.05, 0) is 110 Å². The number of aromatic nitrogens is 3. The van der Waals surface area contributed by atoms with Crippen LogP contribution in [0.25, 0.3) is 54.7 Å². The molecule has 0 radical (unpaired) electrons. The lowest BCUT2D eigenvalue weighted by Crippen LogP contribution is -2.00. The highest BCUT2D eigenvalue weighted by atomic mass is 14.7. The monoisotopic (exact) mass is 675 g/mol. The zero-order valence-corrected chi connectivity index (χ0v) is 30.6. The van der Waals surface area contributed by atoms with Crippen LogP contribution in [0.4, 0.5) is 0 Å². The highest BCUT2D eigenvalue weighted by Crippen LogP contribution is 2.38. The average molecular weight is 676 g/mol. The van der Waals surface area contributed by atoms with Gasteiger partial charge in [0.25, 0.3) is 0 Å². The molecule has 3 heteroatoms. The van der Waals surface area contributed by atoms with Gasteiger partial charge in [-0.15, -0.1) is 0 Å². The summed E-state index contributed by atoms with van der Waals surface area (Å²) in [5, 5.41) is 6.12. The van der Waals surface area contributed by atoms with Gasteiger partial charge in [0.2, 0.25) is 0 Å². The van der Waals surface area contributed by atoms with Gasteiger partial charge in [0.1, 0.15) is 0 Å². The Labute approximate surface area is 307 Å². The lowest BCUT2D eigenvalue weighted by Gasteiger charge is -2.16. The molecule has 8 rings (SSSR count). The lowest BCUT2D eigenvalue weighted by molar-refractivity contribution is 0.843. The van der Waals surface area contributed by atoms with Crippen LogP contribution in [0.2, 0.25) is 0 Å². The summed E-state index contributed by atoms with van der Waals surface area (Å²) in [5.41, 5.74) is 13.7. The third kappa shape index (κ3) is 6.84. The number of hydrogen-bond acceptors (Lipinski definition) is 3. The van der Waals surface area contributed by atoms with Gasteiger partial charge in [0.05, 0.1) is 5.52 Å². The largest absolute Gasteiger partial charge is 0.264 e. The molecule has 0 aliphatic carbocycles. The summed E-state index contributed by atoms with van der Waals surface area (Å²) in [7, 11) is 0. The van der Waals surface area contributed by atoms with Crippen molar-refractivity contribution in [2.24, 2.45) is 0 Å². The Balaban J connectivity index is 1.20. The number of aryl methyl sites for hydroxylation is 4. The molecule has 0 fully saturated rings. The van der Waals surface area contributed by atoms with Crippen molar-refractivity contribution in [3.05, 3.63) is 174 Å². The van der Waals surface area contributed by atoms with Crippen molar-refractivity contribution in [3.63, 3.8) is 0 Å². The van der Waals surface area contributed by atoms with Gasteiger partial charge < -0.3 is 0 Å². The van der Waals surface area contributed by atoms with E-state index in [1.165, 1.54) is 77.0 Å². The van der Waals surface area contributed by atoms with Crippen molar-refractivity contribution in [3.8, 4) is 22.3 Å². The summed E-state index contributed by atoms with van der Waals surface area (Å²) in [4.78, 5) is 14.3. The van der Waals surface area contributed by atoms with E-state index in [1.54, 1.807) is 0 Å². The van der Waals surface area contributed by atoms with Crippen LogP contribution >= 0.6 is 0 Å². The molecule has 3 nitrogen and oxygen atoms in total. The van der Waals surface area contributed by atoms with Gasteiger partial charge in [-0.2, -0.15) is 0 Å². The summed E-state index contributed by atoms with van der Waals surface area (Å²) < 4.78 is 0. The maximum Gasteiger partial charge on any atom is 0.0787 e. The van der Waals surface area contributed by atoms with Crippen LogP contribution in [0, 0.1) is 0 Å². The number of benzene rings is 5. The average Bonchev–Trinajstić information content (AvgIpc) is 3.19. The fourth-order valence-electron chi connectivity index (χ4n) is 7.60. The fourth-order valence-corrected chi connectivity index (χ4v) is 7.60. The number of rotatable bonds is 10. The molecule has 8 aromatic rings. The molecule has 3 aromatic heterocycles. The van der Waals surface area contributed by atoms with Crippen molar-refractivity contribution in [2.75, 3.05) is 0 Å². The second-order valence-corrected chi connectivity index (χ2v) is 14.9. The first-order valence-electron chi connectivity index (χ1n) is 18.7. The van der Waals surface area contributed by atoms with Crippen LogP contribution in [0.15, 0.2) is 140 Å². The molecule has 0 unspecified atom stereocenters. The summed E-state index contributed by atoms with van der Waals surface area (Å²) in [5.74, 6) is 0.924. The minimum Gasteiger partial charge on any atom is -0.264 e. The molecule has 0 atom stereocenters. The molecule has 5 aromatic carbocycles. The van der Waals surface area contributed by atoms with Crippen molar-refractivity contribution in [2.45, 2.75) is 65.2 Å². The van der Waals surface area contributed by atoms with E-state index >= 15 is 0 Å². The normalized spacial score (nSPS) is 11.7. The molecule has 52 heavy (non-hydrogen) atoms. The minimum atomic E-state index is 0.462. The number of nitrogens with zero attached hydrogens (tertiary/aromatic N) is 3. The quantitative estimate of drug-likeness (QED) is 0.135. The Morgan fingerprint density at radius 3 is 1.42 bits per heavy atom. The summed E-state index contributed by atoms with van der Waals surface area (Å²) in [6.45, 7) is 8.93. The van der Waals surface area contributed by atoms with Crippen molar-refractivity contribution in [1.82, 2.24) is 15.0 Å². The predicted octanol–water partition coefficient (Wildman–Crippen LogP) is 12.5. The fraction of sp³-hybridized carbons (Fsp3) is 0.204. The Morgan fingerprint density at radius 1 is 0.404 bits per heavy atom. The predicted molar refractivity (Wildman–Crippen MR) is 219 cm³/mol. The van der Waals surface area contributed by atoms with E-state index < -0.39 is 0 Å². The first-order chi connectivity index (χ1) is 25.4. The number of pyridine rings is 3. The zero-order valence-electron chi connectivity index (χ0n) is 30.6. The molecule has 0 spiro atoms. The lowest BCUT2D eigenvalue weighted by atomic mass is 9.89. The number of hydrogen-bond donors (Lipinski definition) is 0. The second-order valence-electron chi connectivity index (χ2n) is 14.9.